The van der Waals surface area contributed by atoms with Crippen molar-refractivity contribution in [1.29, 1.82) is 0 Å². The molecule has 5 nitrogen and oxygen atoms in total. The first-order valence-corrected chi connectivity index (χ1v) is 7.64. The molecule has 1 unspecified atom stereocenters. The first-order chi connectivity index (χ1) is 9.62. The van der Waals surface area contributed by atoms with Gasteiger partial charge in [-0.15, -0.1) is 0 Å². The van der Waals surface area contributed by atoms with Gasteiger partial charge >= 0.3 is 5.97 Å². The minimum atomic E-state index is -0.627. The summed E-state index contributed by atoms with van der Waals surface area (Å²) in [5, 5.41) is 0. The Balaban J connectivity index is 2.85. The average Bonchev–Trinajstić information content (AvgIpc) is 2.42. The number of hydrogen-bond donors (Lipinski definition) is 0. The first-order valence-electron chi connectivity index (χ1n) is 6.76. The van der Waals surface area contributed by atoms with Gasteiger partial charge in [-0.25, -0.2) is 0 Å². The van der Waals surface area contributed by atoms with Crippen LogP contribution in [0.2, 0.25) is 0 Å². The van der Waals surface area contributed by atoms with Gasteiger partial charge in [-0.3, -0.25) is 14.4 Å². The van der Waals surface area contributed by atoms with Crippen LogP contribution in [0.3, 0.4) is 0 Å². The second-order valence-electron chi connectivity index (χ2n) is 4.24. The molecule has 20 heavy (non-hydrogen) atoms. The zero-order valence-corrected chi connectivity index (χ0v) is 12.7. The summed E-state index contributed by atoms with van der Waals surface area (Å²) in [6, 6.07) is 0. The van der Waals surface area contributed by atoms with Crippen molar-refractivity contribution in [3.63, 3.8) is 0 Å². The fraction of sp³-hybridized carbons (Fsp3) is 0.643. The lowest BCUT2D eigenvalue weighted by Crippen LogP contribution is -2.18. The molecule has 0 aromatic rings. The van der Waals surface area contributed by atoms with Crippen molar-refractivity contribution in [3.8, 4) is 0 Å². The fourth-order valence-electron chi connectivity index (χ4n) is 1.96. The van der Waals surface area contributed by atoms with Crippen molar-refractivity contribution in [3.05, 3.63) is 10.5 Å². The van der Waals surface area contributed by atoms with E-state index in [0.29, 0.717) is 37.9 Å². The minimum Gasteiger partial charge on any atom is -0.466 e. The summed E-state index contributed by atoms with van der Waals surface area (Å²) in [4.78, 5) is 35.2. The number of ketones is 1. The number of rotatable bonds is 8. The van der Waals surface area contributed by atoms with Crippen LogP contribution in [0.4, 0.5) is 0 Å². The van der Waals surface area contributed by atoms with E-state index < -0.39 is 11.4 Å². The van der Waals surface area contributed by atoms with E-state index in [-0.39, 0.29) is 12.2 Å². The zero-order chi connectivity index (χ0) is 15.0. The number of esters is 1. The standard InChI is InChI=1S/C14H20O5S/c1-3-18-13(17)8-10-11(16)6-5-7-12(10)20-14(9-15)19-4-2/h9,14H,3-8H2,1-2H3. The Morgan fingerprint density at radius 2 is 2.10 bits per heavy atom. The van der Waals surface area contributed by atoms with Crippen molar-refractivity contribution in [1.82, 2.24) is 0 Å². The second-order valence-corrected chi connectivity index (χ2v) is 5.43. The van der Waals surface area contributed by atoms with E-state index in [2.05, 4.69) is 0 Å². The maximum atomic E-state index is 12.0. The molecule has 1 rings (SSSR count). The highest BCUT2D eigenvalue weighted by Crippen LogP contribution is 2.35. The summed E-state index contributed by atoms with van der Waals surface area (Å²) in [6.07, 6.45) is 2.57. The summed E-state index contributed by atoms with van der Waals surface area (Å²) < 4.78 is 10.1. The van der Waals surface area contributed by atoms with Gasteiger partial charge in [0, 0.05) is 18.6 Å². The molecule has 0 aromatic heterocycles. The van der Waals surface area contributed by atoms with Crippen molar-refractivity contribution in [2.75, 3.05) is 13.2 Å². The molecular weight excluding hydrogens is 280 g/mol. The van der Waals surface area contributed by atoms with Gasteiger partial charge in [-0.05, 0) is 31.6 Å². The number of carbonyl (C=O) groups excluding carboxylic acids is 3. The lowest BCUT2D eigenvalue weighted by Gasteiger charge is -2.20. The zero-order valence-electron chi connectivity index (χ0n) is 11.8. The average molecular weight is 300 g/mol. The molecule has 0 amide bonds. The molecule has 0 saturated heterocycles. The van der Waals surface area contributed by atoms with Crippen LogP contribution in [0, 0.1) is 0 Å². The molecular formula is C14H20O5S. The molecule has 0 aromatic carbocycles. The molecule has 0 heterocycles. The Morgan fingerprint density at radius 1 is 1.35 bits per heavy atom. The summed E-state index contributed by atoms with van der Waals surface area (Å²) in [7, 11) is 0. The second kappa shape index (κ2) is 8.92. The third-order valence-corrected chi connectivity index (χ3v) is 4.02. The third kappa shape index (κ3) is 5.09. The largest absolute Gasteiger partial charge is 0.466 e. The van der Waals surface area contributed by atoms with Crippen molar-refractivity contribution in [2.24, 2.45) is 0 Å². The quantitative estimate of drug-likeness (QED) is 0.389. The number of carbonyl (C=O) groups is 3. The van der Waals surface area contributed by atoms with Gasteiger partial charge in [0.2, 0.25) is 0 Å². The van der Waals surface area contributed by atoms with Gasteiger partial charge in [-0.2, -0.15) is 0 Å². The van der Waals surface area contributed by atoms with Crippen LogP contribution in [-0.2, 0) is 23.9 Å². The Morgan fingerprint density at radius 3 is 2.70 bits per heavy atom. The molecule has 0 N–H and O–H groups in total. The van der Waals surface area contributed by atoms with Crippen LogP contribution >= 0.6 is 11.8 Å². The van der Waals surface area contributed by atoms with Crippen molar-refractivity contribution >= 4 is 29.8 Å². The number of thioether (sulfide) groups is 1. The fourth-order valence-corrected chi connectivity index (χ4v) is 3.09. The number of Topliss-reactive ketones (excluding diaryl/α,β-unsaturated/α-hetero) is 1. The van der Waals surface area contributed by atoms with Gasteiger partial charge in [0.1, 0.15) is 0 Å². The third-order valence-electron chi connectivity index (χ3n) is 2.81. The topological polar surface area (TPSA) is 69.7 Å². The van der Waals surface area contributed by atoms with E-state index in [1.54, 1.807) is 13.8 Å². The SMILES string of the molecule is CCOC(=O)CC1=C(SC(C=O)OCC)CCCC1=O. The molecule has 6 heteroatoms. The summed E-state index contributed by atoms with van der Waals surface area (Å²) in [5.41, 5.74) is -0.149. The van der Waals surface area contributed by atoms with Crippen LogP contribution in [-0.4, -0.2) is 36.7 Å². The van der Waals surface area contributed by atoms with Gasteiger partial charge < -0.3 is 9.47 Å². The Hall–Kier alpha value is -1.14. The molecule has 0 spiro atoms. The molecule has 0 aliphatic heterocycles. The van der Waals surface area contributed by atoms with E-state index in [1.165, 1.54) is 11.8 Å². The normalized spacial score (nSPS) is 17.0. The van der Waals surface area contributed by atoms with Crippen molar-refractivity contribution < 1.29 is 23.9 Å². The smallest absolute Gasteiger partial charge is 0.310 e. The molecule has 0 bridgehead atoms. The highest BCUT2D eigenvalue weighted by molar-refractivity contribution is 8.04. The van der Waals surface area contributed by atoms with E-state index in [1.807, 2.05) is 0 Å². The Bertz CT molecular complexity index is 402. The highest BCUT2D eigenvalue weighted by Gasteiger charge is 2.25. The first kappa shape index (κ1) is 16.9. The number of aldehydes is 1. The molecule has 112 valence electrons. The minimum absolute atomic E-state index is 0.0211. The summed E-state index contributed by atoms with van der Waals surface area (Å²) in [6.45, 7) is 4.24. The maximum Gasteiger partial charge on any atom is 0.310 e. The highest BCUT2D eigenvalue weighted by atomic mass is 32.2. The van der Waals surface area contributed by atoms with Crippen LogP contribution < -0.4 is 0 Å². The van der Waals surface area contributed by atoms with E-state index >= 15 is 0 Å². The molecule has 0 saturated carbocycles. The van der Waals surface area contributed by atoms with Gasteiger partial charge in [0.15, 0.2) is 17.5 Å². The van der Waals surface area contributed by atoms with E-state index in [0.717, 1.165) is 11.3 Å². The molecule has 1 aliphatic rings. The van der Waals surface area contributed by atoms with Crippen LogP contribution in [0.5, 0.6) is 0 Å². The molecule has 1 atom stereocenters. The molecule has 0 radical (unpaired) electrons. The predicted molar refractivity (Wildman–Crippen MR) is 76.2 cm³/mol. The number of allylic oxidation sites excluding steroid dienone is 1. The van der Waals surface area contributed by atoms with Gasteiger partial charge in [-0.1, -0.05) is 11.8 Å². The Labute approximate surface area is 123 Å². The van der Waals surface area contributed by atoms with Crippen LogP contribution in [0.15, 0.2) is 10.5 Å². The lowest BCUT2D eigenvalue weighted by molar-refractivity contribution is -0.142. The van der Waals surface area contributed by atoms with E-state index in [9.17, 15) is 14.4 Å². The van der Waals surface area contributed by atoms with E-state index in [4.69, 9.17) is 9.47 Å². The summed E-state index contributed by atoms with van der Waals surface area (Å²) in [5.74, 6) is -0.442. The maximum absolute atomic E-state index is 12.0. The van der Waals surface area contributed by atoms with Gasteiger partial charge in [0.05, 0.1) is 13.0 Å². The number of ether oxygens (including phenoxy) is 2. The molecule has 0 fully saturated rings. The lowest BCUT2D eigenvalue weighted by atomic mass is 9.95. The number of hydrogen-bond acceptors (Lipinski definition) is 6. The monoisotopic (exact) mass is 300 g/mol. The predicted octanol–water partition coefficient (Wildman–Crippen LogP) is 2.24. The molecule has 1 aliphatic carbocycles. The van der Waals surface area contributed by atoms with Crippen LogP contribution in [0.25, 0.3) is 0 Å². The summed E-state index contributed by atoms with van der Waals surface area (Å²) >= 11 is 1.22. The van der Waals surface area contributed by atoms with Crippen molar-refractivity contribution in [2.45, 2.75) is 45.0 Å². The van der Waals surface area contributed by atoms with Gasteiger partial charge in [0.25, 0.3) is 0 Å². The Kier molecular flexibility index (Phi) is 7.54. The van der Waals surface area contributed by atoms with Crippen LogP contribution in [0.1, 0.15) is 39.5 Å².